The molecular formula is C68H43N11. The average Bonchev–Trinajstić information content (AvgIpc) is 3.98. The van der Waals surface area contributed by atoms with Gasteiger partial charge in [-0.2, -0.15) is 0 Å². The molecule has 0 saturated heterocycles. The molecule has 11 heteroatoms. The summed E-state index contributed by atoms with van der Waals surface area (Å²) in [6, 6.07) is 83.6. The summed E-state index contributed by atoms with van der Waals surface area (Å²) in [5.74, 6) is 5.10. The topological polar surface area (TPSA) is 134 Å². The summed E-state index contributed by atoms with van der Waals surface area (Å²) in [7, 11) is 0. The van der Waals surface area contributed by atoms with Crippen LogP contribution in [0.2, 0.25) is 0 Å². The maximum Gasteiger partial charge on any atom is 0.164 e. The van der Waals surface area contributed by atoms with E-state index in [0.717, 1.165) is 88.7 Å². The maximum absolute atomic E-state index is 5.18. The van der Waals surface area contributed by atoms with Crippen molar-refractivity contribution in [3.8, 4) is 119 Å². The zero-order valence-electron chi connectivity index (χ0n) is 42.2. The third-order valence-electron chi connectivity index (χ3n) is 13.9. The Morgan fingerprint density at radius 3 is 0.785 bits per heavy atom. The molecule has 0 amide bonds. The number of rotatable bonds is 11. The van der Waals surface area contributed by atoms with Crippen LogP contribution in [0.25, 0.3) is 141 Å². The van der Waals surface area contributed by atoms with Crippen molar-refractivity contribution in [3.05, 3.63) is 261 Å². The highest BCUT2D eigenvalue weighted by Crippen LogP contribution is 2.41. The van der Waals surface area contributed by atoms with E-state index in [2.05, 4.69) is 64.1 Å². The number of pyridine rings is 1. The SMILES string of the molecule is c1ccc(-c2nc(-c3ccccc3)nc(-c3ccc(-c4ccncc4)c(-n4c5ccc(-c6nc(-c7ccccc7)nc(-c7ccccc7)n6)cc5c5cc(-c6nc(-c7ccccc7)nc(-c7ccccc7)n6)ccc54)c3)n2)cc1. The first-order chi connectivity index (χ1) is 39.1. The van der Waals surface area contributed by atoms with Crippen molar-refractivity contribution in [2.45, 2.75) is 0 Å². The lowest BCUT2D eigenvalue weighted by Crippen LogP contribution is -2.02. The molecule has 0 radical (unpaired) electrons. The average molecular weight is 1010 g/mol. The van der Waals surface area contributed by atoms with E-state index >= 15 is 0 Å². The number of hydrogen-bond acceptors (Lipinski definition) is 10. The summed E-state index contributed by atoms with van der Waals surface area (Å²) in [4.78, 5) is 50.5. The Morgan fingerprint density at radius 2 is 0.481 bits per heavy atom. The highest BCUT2D eigenvalue weighted by molar-refractivity contribution is 6.12. The summed E-state index contributed by atoms with van der Waals surface area (Å²) >= 11 is 0. The lowest BCUT2D eigenvalue weighted by Gasteiger charge is -2.16. The Hall–Kier alpha value is -11.0. The predicted molar refractivity (Wildman–Crippen MR) is 313 cm³/mol. The summed E-state index contributed by atoms with van der Waals surface area (Å²) in [5, 5.41) is 1.92. The second-order valence-electron chi connectivity index (χ2n) is 18.9. The minimum Gasteiger partial charge on any atom is -0.309 e. The Labute approximate surface area is 454 Å². The molecule has 0 aliphatic heterocycles. The molecule has 0 N–H and O–H groups in total. The zero-order valence-corrected chi connectivity index (χ0v) is 42.2. The highest BCUT2D eigenvalue weighted by Gasteiger charge is 2.23. The molecule has 14 aromatic rings. The molecule has 14 rings (SSSR count). The van der Waals surface area contributed by atoms with Gasteiger partial charge in [-0.1, -0.05) is 194 Å². The molecule has 0 unspecified atom stereocenters. The zero-order chi connectivity index (χ0) is 52.5. The third kappa shape index (κ3) is 9.13. The first-order valence-electron chi connectivity index (χ1n) is 25.9. The fourth-order valence-electron chi connectivity index (χ4n) is 10.0. The lowest BCUT2D eigenvalue weighted by atomic mass is 10.0. The third-order valence-corrected chi connectivity index (χ3v) is 13.9. The van der Waals surface area contributed by atoms with Gasteiger partial charge in [-0.15, -0.1) is 0 Å². The number of aromatic nitrogens is 11. The first-order valence-corrected chi connectivity index (χ1v) is 25.9. The van der Waals surface area contributed by atoms with E-state index in [0.29, 0.717) is 52.4 Å². The molecule has 5 aromatic heterocycles. The second kappa shape index (κ2) is 20.2. The Balaban J connectivity index is 1.03. The largest absolute Gasteiger partial charge is 0.309 e. The van der Waals surface area contributed by atoms with Crippen LogP contribution in [-0.4, -0.2) is 54.4 Å². The van der Waals surface area contributed by atoms with Crippen molar-refractivity contribution in [3.63, 3.8) is 0 Å². The standard InChI is InChI=1S/C68H43N11/c1-7-19-45(20-8-1)60-70-61(46-21-9-2-10-22-46)74-66(73-60)51-32-35-57-55(41-51)56-42-52(67-75-62(47-23-11-3-12-24-47)71-63(76-67)48-25-13-4-14-26-48)33-36-58(56)79(57)59-43-53(31-34-54(59)44-37-39-69-40-38-44)68-77-64(49-27-15-5-16-28-49)72-65(78-68)50-29-17-6-18-30-50/h1-43H. The molecule has 5 heterocycles. The van der Waals surface area contributed by atoms with E-state index < -0.39 is 0 Å². The molecule has 370 valence electrons. The van der Waals surface area contributed by atoms with Gasteiger partial charge >= 0.3 is 0 Å². The van der Waals surface area contributed by atoms with Crippen LogP contribution in [-0.2, 0) is 0 Å². The van der Waals surface area contributed by atoms with Gasteiger partial charge in [0.05, 0.1) is 16.7 Å². The molecule has 79 heavy (non-hydrogen) atoms. The van der Waals surface area contributed by atoms with E-state index in [9.17, 15) is 0 Å². The molecule has 0 bridgehead atoms. The number of hydrogen-bond donors (Lipinski definition) is 0. The van der Waals surface area contributed by atoms with Crippen molar-refractivity contribution in [2.75, 3.05) is 0 Å². The summed E-state index contributed by atoms with van der Waals surface area (Å²) in [6.07, 6.45) is 3.65. The van der Waals surface area contributed by atoms with Crippen molar-refractivity contribution in [1.82, 2.24) is 54.4 Å². The van der Waals surface area contributed by atoms with Gasteiger partial charge in [0.1, 0.15) is 0 Å². The normalized spacial score (nSPS) is 11.3. The van der Waals surface area contributed by atoms with Crippen molar-refractivity contribution in [1.29, 1.82) is 0 Å². The van der Waals surface area contributed by atoms with Gasteiger partial charge in [0, 0.05) is 78.8 Å². The molecule has 0 aliphatic carbocycles. The Morgan fingerprint density at radius 1 is 0.215 bits per heavy atom. The van der Waals surface area contributed by atoms with Crippen LogP contribution in [0.15, 0.2) is 261 Å². The van der Waals surface area contributed by atoms with Gasteiger partial charge < -0.3 is 4.57 Å². The molecule has 0 atom stereocenters. The summed E-state index contributed by atoms with van der Waals surface area (Å²) in [6.45, 7) is 0. The molecule has 0 fully saturated rings. The second-order valence-corrected chi connectivity index (χ2v) is 18.9. The van der Waals surface area contributed by atoms with Crippen molar-refractivity contribution < 1.29 is 0 Å². The van der Waals surface area contributed by atoms with Crippen molar-refractivity contribution in [2.24, 2.45) is 0 Å². The Bertz CT molecular complexity index is 4150. The van der Waals surface area contributed by atoms with E-state index in [4.69, 9.17) is 44.9 Å². The van der Waals surface area contributed by atoms with Gasteiger partial charge in [0.15, 0.2) is 52.4 Å². The van der Waals surface area contributed by atoms with E-state index in [1.165, 1.54) is 0 Å². The van der Waals surface area contributed by atoms with Gasteiger partial charge in [-0.05, 0) is 60.2 Å². The number of benzene rings is 9. The molecular weight excluding hydrogens is 971 g/mol. The highest BCUT2D eigenvalue weighted by atomic mass is 15.1. The lowest BCUT2D eigenvalue weighted by molar-refractivity contribution is 1.07. The number of fused-ring (bicyclic) bond motifs is 3. The van der Waals surface area contributed by atoms with Crippen LogP contribution in [0, 0.1) is 0 Å². The minimum atomic E-state index is 0.539. The van der Waals surface area contributed by atoms with Crippen LogP contribution < -0.4 is 0 Å². The predicted octanol–water partition coefficient (Wildman–Crippen LogP) is 15.4. The fraction of sp³-hybridized carbons (Fsp3) is 0. The van der Waals surface area contributed by atoms with Gasteiger partial charge in [-0.25, -0.2) is 44.9 Å². The van der Waals surface area contributed by atoms with Crippen LogP contribution >= 0.6 is 0 Å². The van der Waals surface area contributed by atoms with Crippen LogP contribution in [0.5, 0.6) is 0 Å². The van der Waals surface area contributed by atoms with E-state index in [-0.39, 0.29) is 0 Å². The van der Waals surface area contributed by atoms with Gasteiger partial charge in [-0.3, -0.25) is 4.98 Å². The van der Waals surface area contributed by atoms with Gasteiger partial charge in [0.2, 0.25) is 0 Å². The number of nitrogens with zero attached hydrogens (tertiary/aromatic N) is 11. The molecule has 0 aliphatic rings. The molecule has 0 spiro atoms. The minimum absolute atomic E-state index is 0.539. The first kappa shape index (κ1) is 46.5. The molecule has 11 nitrogen and oxygen atoms in total. The smallest absolute Gasteiger partial charge is 0.164 e. The monoisotopic (exact) mass is 1010 g/mol. The maximum atomic E-state index is 5.18. The summed E-state index contributed by atoms with van der Waals surface area (Å²) < 4.78 is 2.32. The van der Waals surface area contributed by atoms with Crippen molar-refractivity contribution >= 4 is 21.8 Å². The van der Waals surface area contributed by atoms with Crippen LogP contribution in [0.1, 0.15) is 0 Å². The van der Waals surface area contributed by atoms with E-state index in [1.807, 2.05) is 207 Å². The van der Waals surface area contributed by atoms with Crippen LogP contribution in [0.3, 0.4) is 0 Å². The van der Waals surface area contributed by atoms with Crippen LogP contribution in [0.4, 0.5) is 0 Å². The fourth-order valence-corrected chi connectivity index (χ4v) is 10.0. The van der Waals surface area contributed by atoms with E-state index in [1.54, 1.807) is 0 Å². The Kier molecular flexibility index (Phi) is 11.9. The molecule has 9 aromatic carbocycles. The summed E-state index contributed by atoms with van der Waals surface area (Å²) in [5.41, 5.74) is 12.6. The quantitative estimate of drug-likeness (QED) is 0.123. The molecule has 0 saturated carbocycles. The van der Waals surface area contributed by atoms with Gasteiger partial charge in [0.25, 0.3) is 0 Å².